The summed E-state index contributed by atoms with van der Waals surface area (Å²) < 4.78 is 11.6. The standard InChI is InChI=1S/C18H27NO3/c1-4-10-16(21-2)18(22-3,19-13-8-9-14-19)17(20)15-11-6-5-7-12-15/h5-7,11-12,16H,4,8-10,13-14H2,1-3H3. The molecule has 0 aromatic heterocycles. The van der Waals surface area contributed by atoms with Crippen molar-refractivity contribution in [3.63, 3.8) is 0 Å². The van der Waals surface area contributed by atoms with Crippen LogP contribution in [0.3, 0.4) is 0 Å². The zero-order valence-electron chi connectivity index (χ0n) is 13.9. The Kier molecular flexibility index (Phi) is 6.12. The minimum atomic E-state index is -1.03. The van der Waals surface area contributed by atoms with Gasteiger partial charge in [-0.25, -0.2) is 0 Å². The molecule has 0 bridgehead atoms. The van der Waals surface area contributed by atoms with Gasteiger partial charge in [-0.1, -0.05) is 43.7 Å². The van der Waals surface area contributed by atoms with Gasteiger partial charge >= 0.3 is 0 Å². The maximum Gasteiger partial charge on any atom is 0.212 e. The van der Waals surface area contributed by atoms with E-state index in [4.69, 9.17) is 9.47 Å². The van der Waals surface area contributed by atoms with Crippen molar-refractivity contribution < 1.29 is 14.3 Å². The van der Waals surface area contributed by atoms with Crippen molar-refractivity contribution in [1.29, 1.82) is 0 Å². The van der Waals surface area contributed by atoms with Crippen LogP contribution in [0, 0.1) is 0 Å². The highest BCUT2D eigenvalue weighted by Crippen LogP contribution is 2.33. The molecule has 4 heteroatoms. The third-order valence-electron chi connectivity index (χ3n) is 4.52. The lowest BCUT2D eigenvalue weighted by atomic mass is 9.91. The molecular weight excluding hydrogens is 278 g/mol. The highest BCUT2D eigenvalue weighted by molar-refractivity contribution is 6.02. The SMILES string of the molecule is CCCC(OC)C(OC)(C(=O)c1ccccc1)N1CCCC1. The molecule has 0 spiro atoms. The van der Waals surface area contributed by atoms with Crippen LogP contribution in [-0.4, -0.2) is 49.8 Å². The molecule has 0 N–H and O–H groups in total. The zero-order chi connectivity index (χ0) is 16.0. The van der Waals surface area contributed by atoms with Crippen LogP contribution in [-0.2, 0) is 9.47 Å². The molecule has 4 nitrogen and oxygen atoms in total. The highest BCUT2D eigenvalue weighted by Gasteiger charge is 2.51. The van der Waals surface area contributed by atoms with E-state index in [9.17, 15) is 4.79 Å². The Morgan fingerprint density at radius 2 is 1.86 bits per heavy atom. The van der Waals surface area contributed by atoms with Crippen molar-refractivity contribution in [2.24, 2.45) is 0 Å². The molecule has 0 radical (unpaired) electrons. The van der Waals surface area contributed by atoms with Crippen molar-refractivity contribution >= 4 is 5.78 Å². The molecular formula is C18H27NO3. The number of hydrogen-bond acceptors (Lipinski definition) is 4. The number of Topliss-reactive ketones (excluding diaryl/α,β-unsaturated/α-hetero) is 1. The average Bonchev–Trinajstić information content (AvgIpc) is 3.10. The predicted octanol–water partition coefficient (Wildman–Crippen LogP) is 3.12. The van der Waals surface area contributed by atoms with E-state index in [0.29, 0.717) is 5.56 Å². The number of hydrogen-bond donors (Lipinski definition) is 0. The molecule has 1 aliphatic rings. The lowest BCUT2D eigenvalue weighted by Crippen LogP contribution is -2.63. The number of likely N-dealkylation sites (tertiary alicyclic amines) is 1. The Balaban J connectivity index is 2.44. The summed E-state index contributed by atoms with van der Waals surface area (Å²) in [6.45, 7) is 3.84. The summed E-state index contributed by atoms with van der Waals surface area (Å²) in [5.41, 5.74) is -0.350. The minimum absolute atomic E-state index is 0.00204. The minimum Gasteiger partial charge on any atom is -0.376 e. The lowest BCUT2D eigenvalue weighted by molar-refractivity contribution is -0.170. The molecule has 122 valence electrons. The van der Waals surface area contributed by atoms with Gasteiger partial charge in [0.05, 0.1) is 0 Å². The third kappa shape index (κ3) is 3.09. The summed E-state index contributed by atoms with van der Waals surface area (Å²) in [6.07, 6.45) is 3.65. The van der Waals surface area contributed by atoms with Crippen LogP contribution in [0.4, 0.5) is 0 Å². The quantitative estimate of drug-likeness (QED) is 0.692. The summed E-state index contributed by atoms with van der Waals surface area (Å²) in [5, 5.41) is 0. The first-order valence-electron chi connectivity index (χ1n) is 8.13. The topological polar surface area (TPSA) is 38.8 Å². The molecule has 1 fully saturated rings. The van der Waals surface area contributed by atoms with E-state index in [1.54, 1.807) is 14.2 Å². The number of carbonyl (C=O) groups excluding carboxylic acids is 1. The van der Waals surface area contributed by atoms with E-state index < -0.39 is 5.72 Å². The van der Waals surface area contributed by atoms with E-state index in [1.165, 1.54) is 0 Å². The van der Waals surface area contributed by atoms with Gasteiger partial charge in [0.25, 0.3) is 0 Å². The molecule has 22 heavy (non-hydrogen) atoms. The van der Waals surface area contributed by atoms with Crippen LogP contribution in [0.2, 0.25) is 0 Å². The Labute approximate surface area is 133 Å². The van der Waals surface area contributed by atoms with Crippen LogP contribution in [0.25, 0.3) is 0 Å². The van der Waals surface area contributed by atoms with E-state index in [2.05, 4.69) is 11.8 Å². The molecule has 0 saturated carbocycles. The van der Waals surface area contributed by atoms with Gasteiger partial charge in [0, 0.05) is 32.9 Å². The largest absolute Gasteiger partial charge is 0.376 e. The normalized spacial score (nSPS) is 19.8. The van der Waals surface area contributed by atoms with Crippen LogP contribution >= 0.6 is 0 Å². The second-order valence-corrected chi connectivity index (χ2v) is 5.80. The summed E-state index contributed by atoms with van der Waals surface area (Å²) >= 11 is 0. The van der Waals surface area contributed by atoms with Gasteiger partial charge in [-0.2, -0.15) is 0 Å². The Bertz CT molecular complexity index is 470. The third-order valence-corrected chi connectivity index (χ3v) is 4.52. The molecule has 1 heterocycles. The number of rotatable bonds is 8. The van der Waals surface area contributed by atoms with Crippen molar-refractivity contribution in [3.05, 3.63) is 35.9 Å². The van der Waals surface area contributed by atoms with E-state index in [0.717, 1.165) is 38.8 Å². The molecule has 0 amide bonds. The Morgan fingerprint density at radius 1 is 1.23 bits per heavy atom. The van der Waals surface area contributed by atoms with Crippen LogP contribution in [0.1, 0.15) is 43.0 Å². The number of nitrogens with zero attached hydrogens (tertiary/aromatic N) is 1. The van der Waals surface area contributed by atoms with Crippen LogP contribution in [0.5, 0.6) is 0 Å². The Hall–Kier alpha value is -1.23. The Morgan fingerprint density at radius 3 is 2.36 bits per heavy atom. The average molecular weight is 305 g/mol. The fraction of sp³-hybridized carbons (Fsp3) is 0.611. The maximum atomic E-state index is 13.3. The number of benzene rings is 1. The van der Waals surface area contributed by atoms with Crippen molar-refractivity contribution in [2.45, 2.75) is 44.4 Å². The zero-order valence-corrected chi connectivity index (χ0v) is 13.9. The van der Waals surface area contributed by atoms with Crippen molar-refractivity contribution in [2.75, 3.05) is 27.3 Å². The number of carbonyl (C=O) groups is 1. The van der Waals surface area contributed by atoms with Gasteiger partial charge in [0.2, 0.25) is 11.5 Å². The van der Waals surface area contributed by atoms with Crippen molar-refractivity contribution in [1.82, 2.24) is 4.90 Å². The lowest BCUT2D eigenvalue weighted by Gasteiger charge is -2.44. The van der Waals surface area contributed by atoms with E-state index in [-0.39, 0.29) is 11.9 Å². The van der Waals surface area contributed by atoms with Gasteiger partial charge in [-0.05, 0) is 19.3 Å². The van der Waals surface area contributed by atoms with Gasteiger partial charge in [-0.15, -0.1) is 0 Å². The summed E-state index contributed by atoms with van der Waals surface area (Å²) in [4.78, 5) is 15.5. The molecule has 1 aromatic rings. The molecule has 2 atom stereocenters. The molecule has 2 rings (SSSR count). The molecule has 1 aromatic carbocycles. The number of ketones is 1. The molecule has 2 unspecified atom stereocenters. The molecule has 0 aliphatic carbocycles. The fourth-order valence-corrected chi connectivity index (χ4v) is 3.43. The van der Waals surface area contributed by atoms with Crippen LogP contribution in [0.15, 0.2) is 30.3 Å². The van der Waals surface area contributed by atoms with E-state index in [1.807, 2.05) is 30.3 Å². The smallest absolute Gasteiger partial charge is 0.212 e. The molecule has 1 saturated heterocycles. The predicted molar refractivity (Wildman–Crippen MR) is 87.0 cm³/mol. The van der Waals surface area contributed by atoms with Gasteiger partial charge < -0.3 is 9.47 Å². The first-order chi connectivity index (χ1) is 10.7. The highest BCUT2D eigenvalue weighted by atomic mass is 16.6. The summed E-state index contributed by atoms with van der Waals surface area (Å²) in [7, 11) is 3.29. The first kappa shape index (κ1) is 17.1. The fourth-order valence-electron chi connectivity index (χ4n) is 3.43. The van der Waals surface area contributed by atoms with Gasteiger partial charge in [-0.3, -0.25) is 9.69 Å². The summed E-state index contributed by atoms with van der Waals surface area (Å²) in [5.74, 6) is -0.00204. The number of ether oxygens (including phenoxy) is 2. The van der Waals surface area contributed by atoms with Gasteiger partial charge in [0.1, 0.15) is 6.10 Å². The monoisotopic (exact) mass is 305 g/mol. The first-order valence-corrected chi connectivity index (χ1v) is 8.13. The van der Waals surface area contributed by atoms with Crippen LogP contribution < -0.4 is 0 Å². The van der Waals surface area contributed by atoms with Gasteiger partial charge in [0.15, 0.2) is 0 Å². The number of methoxy groups -OCH3 is 2. The second-order valence-electron chi connectivity index (χ2n) is 5.80. The van der Waals surface area contributed by atoms with E-state index >= 15 is 0 Å². The maximum absolute atomic E-state index is 13.3. The second kappa shape index (κ2) is 7.86. The summed E-state index contributed by atoms with van der Waals surface area (Å²) in [6, 6.07) is 9.40. The van der Waals surface area contributed by atoms with Crippen molar-refractivity contribution in [3.8, 4) is 0 Å². The molecule has 1 aliphatic heterocycles.